The van der Waals surface area contributed by atoms with Crippen LogP contribution < -0.4 is 14.8 Å². The van der Waals surface area contributed by atoms with Gasteiger partial charge in [-0.3, -0.25) is 4.79 Å². The van der Waals surface area contributed by atoms with E-state index in [1.54, 1.807) is 6.07 Å². The minimum atomic E-state index is -0.0550. The summed E-state index contributed by atoms with van der Waals surface area (Å²) in [7, 11) is 0. The van der Waals surface area contributed by atoms with Crippen LogP contribution in [0.25, 0.3) is 0 Å². The molecule has 2 fully saturated rings. The van der Waals surface area contributed by atoms with E-state index in [0.717, 1.165) is 25.4 Å². The van der Waals surface area contributed by atoms with Crippen molar-refractivity contribution in [2.24, 2.45) is 5.92 Å². The maximum absolute atomic E-state index is 12.5. The van der Waals surface area contributed by atoms with E-state index >= 15 is 0 Å². The summed E-state index contributed by atoms with van der Waals surface area (Å²) in [5, 5.41) is 3.15. The highest BCUT2D eigenvalue weighted by Crippen LogP contribution is 2.34. The molecule has 0 bridgehead atoms. The van der Waals surface area contributed by atoms with Gasteiger partial charge >= 0.3 is 0 Å². The Kier molecular flexibility index (Phi) is 3.66. The molecule has 5 nitrogen and oxygen atoms in total. The molecule has 0 spiro atoms. The van der Waals surface area contributed by atoms with Crippen molar-refractivity contribution in [3.8, 4) is 11.5 Å². The third-order valence-corrected chi connectivity index (χ3v) is 4.63. The standard InChI is InChI=1S/C17H22N2O3/c20-17(14-2-1-3-15-16(14)22-9-8-21-15)18-13-6-7-19(11-13)10-12-4-5-12/h1-3,12-13H,4-11H2,(H,18,20). The zero-order valence-electron chi connectivity index (χ0n) is 12.7. The molecule has 1 unspecified atom stereocenters. The molecular formula is C17H22N2O3. The SMILES string of the molecule is O=C(NC1CCN(CC2CC2)C1)c1cccc2c1OCCO2. The zero-order valence-corrected chi connectivity index (χ0v) is 12.7. The number of benzene rings is 1. The molecule has 2 heterocycles. The predicted octanol–water partition coefficient (Wildman–Crippen LogP) is 1.67. The van der Waals surface area contributed by atoms with Crippen molar-refractivity contribution >= 4 is 5.91 Å². The number of para-hydroxylation sites is 1. The van der Waals surface area contributed by atoms with Crippen molar-refractivity contribution in [2.45, 2.75) is 25.3 Å². The molecule has 1 atom stereocenters. The van der Waals surface area contributed by atoms with Gasteiger partial charge in [0.05, 0.1) is 5.56 Å². The summed E-state index contributed by atoms with van der Waals surface area (Å²) in [5.74, 6) is 2.10. The van der Waals surface area contributed by atoms with Gasteiger partial charge in [-0.1, -0.05) is 6.07 Å². The number of nitrogens with zero attached hydrogens (tertiary/aromatic N) is 1. The van der Waals surface area contributed by atoms with Crippen molar-refractivity contribution in [2.75, 3.05) is 32.8 Å². The van der Waals surface area contributed by atoms with Crippen molar-refractivity contribution in [3.05, 3.63) is 23.8 Å². The molecule has 0 radical (unpaired) electrons. The summed E-state index contributed by atoms with van der Waals surface area (Å²) in [5.41, 5.74) is 0.581. The smallest absolute Gasteiger partial charge is 0.255 e. The lowest BCUT2D eigenvalue weighted by atomic mass is 10.1. The lowest BCUT2D eigenvalue weighted by Crippen LogP contribution is -2.37. The van der Waals surface area contributed by atoms with Crippen LogP contribution in [0.15, 0.2) is 18.2 Å². The summed E-state index contributed by atoms with van der Waals surface area (Å²) < 4.78 is 11.2. The van der Waals surface area contributed by atoms with Gasteiger partial charge in [0.2, 0.25) is 0 Å². The second kappa shape index (κ2) is 5.80. The van der Waals surface area contributed by atoms with Gasteiger partial charge in [0.1, 0.15) is 13.2 Å². The fourth-order valence-electron chi connectivity index (χ4n) is 3.30. The van der Waals surface area contributed by atoms with Gasteiger partial charge in [-0.15, -0.1) is 0 Å². The van der Waals surface area contributed by atoms with E-state index in [2.05, 4.69) is 10.2 Å². The number of amides is 1. The Morgan fingerprint density at radius 3 is 2.95 bits per heavy atom. The largest absolute Gasteiger partial charge is 0.486 e. The molecular weight excluding hydrogens is 280 g/mol. The minimum absolute atomic E-state index is 0.0550. The number of carbonyl (C=O) groups is 1. The molecule has 1 aliphatic carbocycles. The number of likely N-dealkylation sites (tertiary alicyclic amines) is 1. The lowest BCUT2D eigenvalue weighted by molar-refractivity contribution is 0.0926. The van der Waals surface area contributed by atoms with Gasteiger partial charge in [-0.2, -0.15) is 0 Å². The van der Waals surface area contributed by atoms with Gasteiger partial charge in [0.15, 0.2) is 11.5 Å². The van der Waals surface area contributed by atoms with Crippen LogP contribution in [0.1, 0.15) is 29.6 Å². The average Bonchev–Trinajstić information content (AvgIpc) is 3.25. The average molecular weight is 302 g/mol. The number of rotatable bonds is 4. The second-order valence-corrected chi connectivity index (χ2v) is 6.49. The molecule has 2 aliphatic heterocycles. The summed E-state index contributed by atoms with van der Waals surface area (Å²) in [6.45, 7) is 4.29. The van der Waals surface area contributed by atoms with E-state index < -0.39 is 0 Å². The first-order valence-electron chi connectivity index (χ1n) is 8.21. The van der Waals surface area contributed by atoms with Gasteiger partial charge in [-0.05, 0) is 37.3 Å². The first kappa shape index (κ1) is 13.9. The van der Waals surface area contributed by atoms with Crippen molar-refractivity contribution in [1.29, 1.82) is 0 Å². The molecule has 22 heavy (non-hydrogen) atoms. The third-order valence-electron chi connectivity index (χ3n) is 4.63. The number of nitrogens with one attached hydrogen (secondary N) is 1. The van der Waals surface area contributed by atoms with Crippen molar-refractivity contribution in [1.82, 2.24) is 10.2 Å². The summed E-state index contributed by atoms with van der Waals surface area (Å²) in [4.78, 5) is 15.0. The van der Waals surface area contributed by atoms with Crippen LogP contribution >= 0.6 is 0 Å². The molecule has 1 aromatic carbocycles. The van der Waals surface area contributed by atoms with E-state index in [1.165, 1.54) is 19.4 Å². The van der Waals surface area contributed by atoms with E-state index in [0.29, 0.717) is 30.3 Å². The molecule has 1 amide bonds. The first-order valence-corrected chi connectivity index (χ1v) is 8.21. The molecule has 3 aliphatic rings. The van der Waals surface area contributed by atoms with Gasteiger partial charge in [0.25, 0.3) is 5.91 Å². The predicted molar refractivity (Wildman–Crippen MR) is 82.5 cm³/mol. The lowest BCUT2D eigenvalue weighted by Gasteiger charge is -2.21. The Morgan fingerprint density at radius 1 is 1.23 bits per heavy atom. The number of fused-ring (bicyclic) bond motifs is 1. The van der Waals surface area contributed by atoms with Crippen molar-refractivity contribution < 1.29 is 14.3 Å². The molecule has 118 valence electrons. The summed E-state index contributed by atoms with van der Waals surface area (Å²) in [6, 6.07) is 5.74. The van der Waals surface area contributed by atoms with Crippen LogP contribution in [0, 0.1) is 5.92 Å². The fourth-order valence-corrected chi connectivity index (χ4v) is 3.30. The van der Waals surface area contributed by atoms with Crippen LogP contribution in [0.5, 0.6) is 11.5 Å². The molecule has 1 N–H and O–H groups in total. The monoisotopic (exact) mass is 302 g/mol. The normalized spacial score (nSPS) is 24.3. The minimum Gasteiger partial charge on any atom is -0.486 e. The van der Waals surface area contributed by atoms with Gasteiger partial charge in [-0.25, -0.2) is 0 Å². The number of hydrogen-bond acceptors (Lipinski definition) is 4. The highest BCUT2D eigenvalue weighted by atomic mass is 16.6. The Bertz CT molecular complexity index is 571. The topological polar surface area (TPSA) is 50.8 Å². The fraction of sp³-hybridized carbons (Fsp3) is 0.588. The second-order valence-electron chi connectivity index (χ2n) is 6.49. The van der Waals surface area contributed by atoms with E-state index in [9.17, 15) is 4.79 Å². The van der Waals surface area contributed by atoms with Gasteiger partial charge in [0, 0.05) is 25.7 Å². The quantitative estimate of drug-likeness (QED) is 0.919. The van der Waals surface area contributed by atoms with Crippen LogP contribution in [0.2, 0.25) is 0 Å². The number of hydrogen-bond donors (Lipinski definition) is 1. The highest BCUT2D eigenvalue weighted by molar-refractivity contribution is 5.98. The Hall–Kier alpha value is -1.75. The molecule has 1 aromatic rings. The Morgan fingerprint density at radius 2 is 2.09 bits per heavy atom. The summed E-state index contributed by atoms with van der Waals surface area (Å²) >= 11 is 0. The van der Waals surface area contributed by atoms with E-state index in [-0.39, 0.29) is 11.9 Å². The van der Waals surface area contributed by atoms with Crippen LogP contribution in [0.4, 0.5) is 0 Å². The van der Waals surface area contributed by atoms with E-state index in [1.807, 2.05) is 12.1 Å². The zero-order chi connectivity index (χ0) is 14.9. The number of ether oxygens (including phenoxy) is 2. The highest BCUT2D eigenvalue weighted by Gasteiger charge is 2.30. The maximum atomic E-state index is 12.5. The van der Waals surface area contributed by atoms with Crippen molar-refractivity contribution in [3.63, 3.8) is 0 Å². The first-order chi connectivity index (χ1) is 10.8. The van der Waals surface area contributed by atoms with Crippen LogP contribution in [0.3, 0.4) is 0 Å². The van der Waals surface area contributed by atoms with E-state index in [4.69, 9.17) is 9.47 Å². The van der Waals surface area contributed by atoms with Crippen LogP contribution in [-0.2, 0) is 0 Å². The molecule has 0 aromatic heterocycles. The molecule has 1 saturated heterocycles. The Balaban J connectivity index is 1.40. The number of carbonyl (C=O) groups excluding carboxylic acids is 1. The molecule has 4 rings (SSSR count). The van der Waals surface area contributed by atoms with Gasteiger partial charge < -0.3 is 19.7 Å². The third kappa shape index (κ3) is 2.90. The summed E-state index contributed by atoms with van der Waals surface area (Å²) in [6.07, 6.45) is 3.78. The van der Waals surface area contributed by atoms with Crippen LogP contribution in [-0.4, -0.2) is 49.7 Å². The molecule has 5 heteroatoms. The molecule has 1 saturated carbocycles. The Labute approximate surface area is 130 Å². The maximum Gasteiger partial charge on any atom is 0.255 e.